The van der Waals surface area contributed by atoms with E-state index in [0.29, 0.717) is 50.7 Å². The van der Waals surface area contributed by atoms with Crippen LogP contribution in [-0.2, 0) is 6.42 Å². The predicted octanol–water partition coefficient (Wildman–Crippen LogP) is 2.19. The zero-order valence-corrected chi connectivity index (χ0v) is 19.0. The number of benzene rings is 1. The number of aliphatic imine (C=N–C) groups is 1. The molecule has 3 rings (SSSR count). The van der Waals surface area contributed by atoms with E-state index in [1.165, 1.54) is 6.26 Å². The molecule has 2 aromatic rings. The number of piperazine rings is 1. The number of methoxy groups -OCH3 is 1. The Labute approximate surface area is 187 Å². The highest BCUT2D eigenvalue weighted by atomic mass is 127. The van der Waals surface area contributed by atoms with Crippen molar-refractivity contribution >= 4 is 35.8 Å². The molecule has 1 aliphatic rings. The second kappa shape index (κ2) is 10.9. The van der Waals surface area contributed by atoms with Crippen molar-refractivity contribution in [2.45, 2.75) is 6.42 Å². The summed E-state index contributed by atoms with van der Waals surface area (Å²) in [4.78, 5) is 20.6. The largest absolute Gasteiger partial charge is 0.508 e. The number of rotatable bonds is 5. The van der Waals surface area contributed by atoms with Gasteiger partial charge in [0.15, 0.2) is 11.7 Å². The second-order valence-corrected chi connectivity index (χ2v) is 6.48. The van der Waals surface area contributed by atoms with Gasteiger partial charge in [0.2, 0.25) is 0 Å². The molecule has 1 aliphatic heterocycles. The Morgan fingerprint density at radius 2 is 1.97 bits per heavy atom. The van der Waals surface area contributed by atoms with Gasteiger partial charge >= 0.3 is 0 Å². The van der Waals surface area contributed by atoms with Gasteiger partial charge in [-0.1, -0.05) is 6.07 Å². The summed E-state index contributed by atoms with van der Waals surface area (Å²) >= 11 is 0. The van der Waals surface area contributed by atoms with Crippen LogP contribution in [0.25, 0.3) is 0 Å². The van der Waals surface area contributed by atoms with E-state index in [1.807, 2.05) is 12.1 Å². The molecule has 1 aromatic heterocycles. The number of nitrogens with zero attached hydrogens (tertiary/aromatic N) is 3. The summed E-state index contributed by atoms with van der Waals surface area (Å²) in [7, 11) is 3.31. The van der Waals surface area contributed by atoms with Gasteiger partial charge in [0.25, 0.3) is 5.91 Å². The number of carbonyl (C=O) groups is 1. The summed E-state index contributed by atoms with van der Waals surface area (Å²) in [5.41, 5.74) is 0.845. The Kier molecular flexibility index (Phi) is 8.62. The summed E-state index contributed by atoms with van der Waals surface area (Å²) in [6.45, 7) is 3.25. The van der Waals surface area contributed by atoms with E-state index < -0.39 is 0 Å². The molecule has 158 valence electrons. The van der Waals surface area contributed by atoms with Crippen LogP contribution in [0.1, 0.15) is 16.1 Å². The van der Waals surface area contributed by atoms with E-state index in [-0.39, 0.29) is 35.6 Å². The van der Waals surface area contributed by atoms with Crippen molar-refractivity contribution in [2.75, 3.05) is 46.9 Å². The molecule has 9 heteroatoms. The smallest absolute Gasteiger partial charge is 0.289 e. The normalized spacial score (nSPS) is 14.3. The lowest BCUT2D eigenvalue weighted by atomic mass is 10.1. The van der Waals surface area contributed by atoms with Crippen LogP contribution in [0.4, 0.5) is 0 Å². The maximum Gasteiger partial charge on any atom is 0.289 e. The fourth-order valence-electron chi connectivity index (χ4n) is 3.20. The Morgan fingerprint density at radius 3 is 2.55 bits per heavy atom. The summed E-state index contributed by atoms with van der Waals surface area (Å²) in [6, 6.07) is 8.70. The molecule has 1 saturated heterocycles. The van der Waals surface area contributed by atoms with E-state index in [4.69, 9.17) is 9.15 Å². The topological polar surface area (TPSA) is 90.5 Å². The van der Waals surface area contributed by atoms with Gasteiger partial charge in [-0.2, -0.15) is 0 Å². The molecule has 0 spiro atoms. The average Bonchev–Trinajstić information content (AvgIpc) is 3.27. The number of nitrogens with one attached hydrogen (secondary N) is 1. The van der Waals surface area contributed by atoms with E-state index in [1.54, 1.807) is 37.3 Å². The molecule has 0 unspecified atom stereocenters. The fourth-order valence-corrected chi connectivity index (χ4v) is 3.20. The van der Waals surface area contributed by atoms with E-state index in [0.717, 1.165) is 11.5 Å². The Morgan fingerprint density at radius 1 is 1.24 bits per heavy atom. The van der Waals surface area contributed by atoms with Gasteiger partial charge in [0.05, 0.1) is 13.4 Å². The minimum absolute atomic E-state index is 0. The highest BCUT2D eigenvalue weighted by Crippen LogP contribution is 2.23. The molecule has 0 saturated carbocycles. The predicted molar refractivity (Wildman–Crippen MR) is 121 cm³/mol. The first kappa shape index (κ1) is 22.9. The minimum atomic E-state index is -0.0809. The van der Waals surface area contributed by atoms with Crippen LogP contribution in [0.2, 0.25) is 0 Å². The lowest BCUT2D eigenvalue weighted by molar-refractivity contribution is 0.0658. The van der Waals surface area contributed by atoms with Crippen molar-refractivity contribution in [3.8, 4) is 11.5 Å². The number of phenols is 1. The number of ether oxygens (including phenoxy) is 1. The molecule has 2 heterocycles. The molecule has 0 bridgehead atoms. The third kappa shape index (κ3) is 5.78. The number of amides is 1. The van der Waals surface area contributed by atoms with Gasteiger partial charge in [-0.05, 0) is 30.2 Å². The summed E-state index contributed by atoms with van der Waals surface area (Å²) in [6.07, 6.45) is 2.17. The van der Waals surface area contributed by atoms with Crippen LogP contribution in [0.5, 0.6) is 11.5 Å². The lowest BCUT2D eigenvalue weighted by Crippen LogP contribution is -2.54. The van der Waals surface area contributed by atoms with Crippen LogP contribution >= 0.6 is 24.0 Å². The number of guanidine groups is 1. The minimum Gasteiger partial charge on any atom is -0.508 e. The average molecular weight is 514 g/mol. The van der Waals surface area contributed by atoms with E-state index in [2.05, 4.69) is 15.2 Å². The Hall–Kier alpha value is -2.43. The van der Waals surface area contributed by atoms with Crippen molar-refractivity contribution < 1.29 is 19.1 Å². The molecule has 0 aliphatic carbocycles. The quantitative estimate of drug-likeness (QED) is 0.361. The van der Waals surface area contributed by atoms with Crippen molar-refractivity contribution in [1.29, 1.82) is 0 Å². The SMILES string of the molecule is CN=C(NCCc1ccc(OC)cc1O)N1CCN(C(=O)c2ccco2)CC1.I. The number of halogens is 1. The third-order valence-electron chi connectivity index (χ3n) is 4.78. The number of phenolic OH excluding ortho intramolecular Hbond substituents is 1. The first-order chi connectivity index (χ1) is 13.6. The van der Waals surface area contributed by atoms with Gasteiger partial charge in [0.1, 0.15) is 11.5 Å². The van der Waals surface area contributed by atoms with Gasteiger partial charge < -0.3 is 29.4 Å². The van der Waals surface area contributed by atoms with Crippen molar-refractivity contribution in [2.24, 2.45) is 4.99 Å². The van der Waals surface area contributed by atoms with Crippen LogP contribution in [0.15, 0.2) is 46.0 Å². The van der Waals surface area contributed by atoms with Crippen molar-refractivity contribution in [3.05, 3.63) is 47.9 Å². The number of carbonyl (C=O) groups excluding carboxylic acids is 1. The van der Waals surface area contributed by atoms with Gasteiger partial charge in [-0.15, -0.1) is 24.0 Å². The number of aromatic hydroxyl groups is 1. The lowest BCUT2D eigenvalue weighted by Gasteiger charge is -2.36. The van der Waals surface area contributed by atoms with E-state index in [9.17, 15) is 9.90 Å². The van der Waals surface area contributed by atoms with E-state index >= 15 is 0 Å². The van der Waals surface area contributed by atoms with Gasteiger partial charge in [0, 0.05) is 45.8 Å². The maximum atomic E-state index is 12.3. The van der Waals surface area contributed by atoms with Crippen LogP contribution in [0.3, 0.4) is 0 Å². The summed E-state index contributed by atoms with van der Waals surface area (Å²) in [5, 5.41) is 13.4. The summed E-state index contributed by atoms with van der Waals surface area (Å²) in [5.74, 6) is 1.93. The Bertz CT molecular complexity index is 818. The maximum absolute atomic E-state index is 12.3. The molecule has 0 radical (unpaired) electrons. The molecule has 1 fully saturated rings. The molecular weight excluding hydrogens is 487 g/mol. The van der Waals surface area contributed by atoms with Crippen LogP contribution < -0.4 is 10.1 Å². The van der Waals surface area contributed by atoms with Crippen molar-refractivity contribution in [1.82, 2.24) is 15.1 Å². The number of hydrogen-bond acceptors (Lipinski definition) is 5. The molecule has 1 aromatic carbocycles. The summed E-state index contributed by atoms with van der Waals surface area (Å²) < 4.78 is 10.3. The monoisotopic (exact) mass is 514 g/mol. The highest BCUT2D eigenvalue weighted by molar-refractivity contribution is 14.0. The van der Waals surface area contributed by atoms with Crippen LogP contribution in [0, 0.1) is 0 Å². The van der Waals surface area contributed by atoms with Crippen LogP contribution in [-0.4, -0.2) is 73.7 Å². The zero-order valence-electron chi connectivity index (χ0n) is 16.6. The third-order valence-corrected chi connectivity index (χ3v) is 4.78. The first-order valence-corrected chi connectivity index (χ1v) is 9.26. The fraction of sp³-hybridized carbons (Fsp3) is 0.400. The molecule has 2 N–H and O–H groups in total. The number of furan rings is 1. The number of hydrogen-bond donors (Lipinski definition) is 2. The standard InChI is InChI=1S/C20H26N4O4.HI/c1-21-20(22-8-7-15-5-6-16(27-2)14-17(15)25)24-11-9-23(10-12-24)19(26)18-4-3-13-28-18;/h3-6,13-14,25H,7-12H2,1-2H3,(H,21,22);1H. The molecule has 1 amide bonds. The molecule has 8 nitrogen and oxygen atoms in total. The zero-order chi connectivity index (χ0) is 19.9. The molecule has 29 heavy (non-hydrogen) atoms. The Balaban J connectivity index is 0.00000300. The van der Waals surface area contributed by atoms with Crippen molar-refractivity contribution in [3.63, 3.8) is 0 Å². The second-order valence-electron chi connectivity index (χ2n) is 6.48. The molecule has 0 atom stereocenters. The first-order valence-electron chi connectivity index (χ1n) is 9.26. The van der Waals surface area contributed by atoms with Gasteiger partial charge in [-0.25, -0.2) is 0 Å². The highest BCUT2D eigenvalue weighted by Gasteiger charge is 2.25. The van der Waals surface area contributed by atoms with Gasteiger partial charge in [-0.3, -0.25) is 9.79 Å². The molecular formula is C20H27IN4O4.